The number of ether oxygens (including phenoxy) is 2. The Balaban J connectivity index is 2.19. The van der Waals surface area contributed by atoms with Crippen LogP contribution in [-0.4, -0.2) is 42.0 Å². The molecule has 32 heavy (non-hydrogen) atoms. The summed E-state index contributed by atoms with van der Waals surface area (Å²) in [6.07, 6.45) is 2.45. The second kappa shape index (κ2) is 10.6. The Kier molecular flexibility index (Phi) is 7.80. The normalized spacial score (nSPS) is 17.6. The van der Waals surface area contributed by atoms with Crippen molar-refractivity contribution >= 4 is 29.1 Å². The van der Waals surface area contributed by atoms with Crippen LogP contribution in [0.15, 0.2) is 48.0 Å². The Morgan fingerprint density at radius 2 is 1.91 bits per heavy atom. The van der Waals surface area contributed by atoms with Gasteiger partial charge in [-0.15, -0.1) is 0 Å². The number of rotatable bonds is 9. The number of amides is 1. The van der Waals surface area contributed by atoms with E-state index in [1.807, 2.05) is 38.1 Å². The van der Waals surface area contributed by atoms with Gasteiger partial charge >= 0.3 is 0 Å². The maximum atomic E-state index is 13.1. The summed E-state index contributed by atoms with van der Waals surface area (Å²) in [5, 5.41) is 11.6. The third kappa shape index (κ3) is 4.75. The van der Waals surface area contributed by atoms with E-state index in [-0.39, 0.29) is 16.9 Å². The summed E-state index contributed by atoms with van der Waals surface area (Å²) >= 11 is 6.14. The molecule has 1 amide bonds. The first-order valence-electron chi connectivity index (χ1n) is 10.8. The average molecular weight is 458 g/mol. The topological polar surface area (TPSA) is 76.1 Å². The summed E-state index contributed by atoms with van der Waals surface area (Å²) in [4.78, 5) is 27.6. The molecule has 1 unspecified atom stereocenters. The molecule has 1 fully saturated rings. The molecular weight excluding hydrogens is 430 g/mol. The molecule has 6 nitrogen and oxygen atoms in total. The van der Waals surface area contributed by atoms with Crippen LogP contribution in [0.4, 0.5) is 0 Å². The fourth-order valence-corrected chi connectivity index (χ4v) is 3.96. The van der Waals surface area contributed by atoms with E-state index in [4.69, 9.17) is 21.1 Å². The molecule has 7 heteroatoms. The van der Waals surface area contributed by atoms with Crippen molar-refractivity contribution in [1.29, 1.82) is 0 Å². The minimum absolute atomic E-state index is 0.0133. The van der Waals surface area contributed by atoms with Crippen LogP contribution in [0.2, 0.25) is 5.02 Å². The Hall–Kier alpha value is -2.99. The van der Waals surface area contributed by atoms with Gasteiger partial charge in [-0.25, -0.2) is 0 Å². The highest BCUT2D eigenvalue weighted by Crippen LogP contribution is 2.42. The van der Waals surface area contributed by atoms with E-state index >= 15 is 0 Å². The largest absolute Gasteiger partial charge is 0.507 e. The number of aliphatic hydroxyl groups excluding tert-OH is 1. The predicted octanol–water partition coefficient (Wildman–Crippen LogP) is 5.36. The van der Waals surface area contributed by atoms with Crippen molar-refractivity contribution in [3.05, 3.63) is 64.2 Å². The highest BCUT2D eigenvalue weighted by molar-refractivity contribution is 6.46. The van der Waals surface area contributed by atoms with Gasteiger partial charge < -0.3 is 19.5 Å². The smallest absolute Gasteiger partial charge is 0.295 e. The molecule has 170 valence electrons. The lowest BCUT2D eigenvalue weighted by molar-refractivity contribution is -0.139. The number of likely N-dealkylation sites (tertiary alicyclic amines) is 1. The van der Waals surface area contributed by atoms with Gasteiger partial charge in [0.05, 0.1) is 30.9 Å². The number of halogens is 1. The minimum Gasteiger partial charge on any atom is -0.507 e. The zero-order valence-corrected chi connectivity index (χ0v) is 19.3. The lowest BCUT2D eigenvalue weighted by atomic mass is 9.94. The highest BCUT2D eigenvalue weighted by Gasteiger charge is 2.46. The molecule has 1 aliphatic heterocycles. The van der Waals surface area contributed by atoms with Gasteiger partial charge in [-0.2, -0.15) is 0 Å². The SMILES string of the molecule is CCCCN1C(=O)C(=O)/C(=C(/O)c2cc(Cl)ccc2OC)C1c1cccc(OCCC)c1. The summed E-state index contributed by atoms with van der Waals surface area (Å²) in [6.45, 7) is 4.98. The van der Waals surface area contributed by atoms with E-state index in [9.17, 15) is 14.7 Å². The zero-order chi connectivity index (χ0) is 23.3. The third-order valence-electron chi connectivity index (χ3n) is 5.36. The van der Waals surface area contributed by atoms with Gasteiger partial charge in [-0.1, -0.05) is 44.0 Å². The van der Waals surface area contributed by atoms with Crippen LogP contribution in [0.5, 0.6) is 11.5 Å². The van der Waals surface area contributed by atoms with Gasteiger partial charge in [0.15, 0.2) is 0 Å². The molecular formula is C25H28ClNO5. The molecule has 0 radical (unpaired) electrons. The molecule has 1 aliphatic rings. The number of carbonyl (C=O) groups excluding carboxylic acids is 2. The number of methoxy groups -OCH3 is 1. The number of hydrogen-bond acceptors (Lipinski definition) is 5. The fourth-order valence-electron chi connectivity index (χ4n) is 3.79. The first kappa shape index (κ1) is 23.7. The lowest BCUT2D eigenvalue weighted by Crippen LogP contribution is -2.30. The van der Waals surface area contributed by atoms with E-state index in [0.717, 1.165) is 19.3 Å². The molecule has 1 heterocycles. The molecule has 0 bridgehead atoms. The molecule has 2 aromatic rings. The van der Waals surface area contributed by atoms with Crippen LogP contribution in [0.25, 0.3) is 5.76 Å². The number of Topliss-reactive ketones (excluding diaryl/α,β-unsaturated/α-hetero) is 1. The van der Waals surface area contributed by atoms with Gasteiger partial charge in [0.25, 0.3) is 11.7 Å². The third-order valence-corrected chi connectivity index (χ3v) is 5.59. The quantitative estimate of drug-likeness (QED) is 0.311. The van der Waals surface area contributed by atoms with Crippen molar-refractivity contribution in [3.8, 4) is 11.5 Å². The molecule has 1 atom stereocenters. The summed E-state index contributed by atoms with van der Waals surface area (Å²) < 4.78 is 11.1. The number of hydrogen-bond donors (Lipinski definition) is 1. The van der Waals surface area contributed by atoms with Gasteiger partial charge in [-0.05, 0) is 48.7 Å². The van der Waals surface area contributed by atoms with Gasteiger partial charge in [0, 0.05) is 11.6 Å². The summed E-state index contributed by atoms with van der Waals surface area (Å²) in [5.74, 6) is -0.681. The van der Waals surface area contributed by atoms with E-state index in [0.29, 0.717) is 35.2 Å². The monoisotopic (exact) mass is 457 g/mol. The Morgan fingerprint density at radius 3 is 2.59 bits per heavy atom. The molecule has 3 rings (SSSR count). The molecule has 1 saturated heterocycles. The summed E-state index contributed by atoms with van der Waals surface area (Å²) in [7, 11) is 1.46. The van der Waals surface area contributed by atoms with Crippen LogP contribution >= 0.6 is 11.6 Å². The fraction of sp³-hybridized carbons (Fsp3) is 0.360. The van der Waals surface area contributed by atoms with Crippen molar-refractivity contribution < 1.29 is 24.2 Å². The number of ketones is 1. The highest BCUT2D eigenvalue weighted by atomic mass is 35.5. The van der Waals surface area contributed by atoms with Crippen LogP contribution in [0.3, 0.4) is 0 Å². The second-order valence-corrected chi connectivity index (χ2v) is 8.05. The minimum atomic E-state index is -0.740. The second-order valence-electron chi connectivity index (χ2n) is 7.61. The van der Waals surface area contributed by atoms with E-state index < -0.39 is 17.7 Å². The van der Waals surface area contributed by atoms with Crippen molar-refractivity contribution in [1.82, 2.24) is 4.90 Å². The summed E-state index contributed by atoms with van der Waals surface area (Å²) in [5.41, 5.74) is 0.965. The van der Waals surface area contributed by atoms with Crippen molar-refractivity contribution in [3.63, 3.8) is 0 Å². The van der Waals surface area contributed by atoms with Gasteiger partial charge in [0.2, 0.25) is 0 Å². The molecule has 0 spiro atoms. The predicted molar refractivity (Wildman–Crippen MR) is 124 cm³/mol. The standard InChI is InChI=1S/C25H28ClNO5/c1-4-6-12-27-22(16-8-7-9-18(14-16)32-13-5-2)21(24(29)25(27)30)23(28)19-15-17(26)10-11-20(19)31-3/h7-11,14-15,22,28H,4-6,12-13H2,1-3H3/b23-21+. The molecule has 0 saturated carbocycles. The molecule has 2 aromatic carbocycles. The maximum Gasteiger partial charge on any atom is 0.295 e. The van der Waals surface area contributed by atoms with E-state index in [2.05, 4.69) is 0 Å². The Bertz CT molecular complexity index is 1030. The van der Waals surface area contributed by atoms with Crippen LogP contribution in [-0.2, 0) is 9.59 Å². The Morgan fingerprint density at radius 1 is 1.12 bits per heavy atom. The first-order valence-corrected chi connectivity index (χ1v) is 11.2. The van der Waals surface area contributed by atoms with Crippen molar-refractivity contribution in [2.24, 2.45) is 0 Å². The van der Waals surface area contributed by atoms with Crippen LogP contribution < -0.4 is 9.47 Å². The molecule has 0 aliphatic carbocycles. The number of aliphatic hydroxyl groups is 1. The molecule has 0 aromatic heterocycles. The van der Waals surface area contributed by atoms with E-state index in [1.54, 1.807) is 12.1 Å². The molecule has 1 N–H and O–H groups in total. The van der Waals surface area contributed by atoms with Crippen LogP contribution in [0.1, 0.15) is 50.3 Å². The van der Waals surface area contributed by atoms with Crippen molar-refractivity contribution in [2.75, 3.05) is 20.3 Å². The number of unbranched alkanes of at least 4 members (excludes halogenated alkanes) is 1. The number of carbonyl (C=O) groups is 2. The number of benzene rings is 2. The average Bonchev–Trinajstić information content (AvgIpc) is 3.05. The zero-order valence-electron chi connectivity index (χ0n) is 18.6. The number of nitrogens with zero attached hydrogens (tertiary/aromatic N) is 1. The summed E-state index contributed by atoms with van der Waals surface area (Å²) in [6, 6.07) is 11.3. The first-order chi connectivity index (χ1) is 15.4. The van der Waals surface area contributed by atoms with Crippen molar-refractivity contribution in [2.45, 2.75) is 39.2 Å². The maximum absolute atomic E-state index is 13.1. The van der Waals surface area contributed by atoms with Gasteiger partial charge in [-0.3, -0.25) is 9.59 Å². The van der Waals surface area contributed by atoms with Gasteiger partial charge in [0.1, 0.15) is 17.3 Å². The van der Waals surface area contributed by atoms with Crippen LogP contribution in [0, 0.1) is 0 Å². The Labute approximate surface area is 193 Å². The van der Waals surface area contributed by atoms with E-state index in [1.165, 1.54) is 18.1 Å². The lowest BCUT2D eigenvalue weighted by Gasteiger charge is -2.25.